The molecule has 0 spiro atoms. The highest BCUT2D eigenvalue weighted by molar-refractivity contribution is 5.61. The van der Waals surface area contributed by atoms with Crippen molar-refractivity contribution in [3.05, 3.63) is 58.8 Å². The molecule has 150 valence electrons. The molecule has 0 saturated carbocycles. The van der Waals surface area contributed by atoms with E-state index in [9.17, 15) is 4.79 Å². The number of aromatic nitrogens is 3. The summed E-state index contributed by atoms with van der Waals surface area (Å²) >= 11 is 0. The number of methoxy groups -OCH3 is 2. The van der Waals surface area contributed by atoms with Crippen molar-refractivity contribution in [1.82, 2.24) is 19.4 Å². The van der Waals surface area contributed by atoms with Crippen molar-refractivity contribution < 1.29 is 9.47 Å². The topological polar surface area (TPSA) is 70.3 Å². The Balaban J connectivity index is 1.62. The van der Waals surface area contributed by atoms with Gasteiger partial charge in [-0.1, -0.05) is 0 Å². The van der Waals surface area contributed by atoms with Crippen molar-refractivity contribution in [3.8, 4) is 28.6 Å². The van der Waals surface area contributed by atoms with E-state index in [1.165, 1.54) is 0 Å². The van der Waals surface area contributed by atoms with E-state index in [4.69, 9.17) is 9.47 Å². The monoisotopic (exact) mass is 392 g/mol. The van der Waals surface area contributed by atoms with Gasteiger partial charge < -0.3 is 19.4 Å². The van der Waals surface area contributed by atoms with Gasteiger partial charge >= 0.3 is 0 Å². The third-order valence-corrected chi connectivity index (χ3v) is 6.04. The summed E-state index contributed by atoms with van der Waals surface area (Å²) in [7, 11) is 3.24. The van der Waals surface area contributed by atoms with E-state index in [0.717, 1.165) is 37.4 Å². The predicted octanol–water partition coefficient (Wildman–Crippen LogP) is 2.42. The Morgan fingerprint density at radius 1 is 1.14 bits per heavy atom. The van der Waals surface area contributed by atoms with Crippen LogP contribution in [-0.2, 0) is 6.54 Å². The molecule has 0 radical (unpaired) electrons. The van der Waals surface area contributed by atoms with Gasteiger partial charge in [0.05, 0.1) is 25.5 Å². The van der Waals surface area contributed by atoms with E-state index in [1.807, 2.05) is 39.6 Å². The van der Waals surface area contributed by atoms with Crippen LogP contribution in [0.5, 0.6) is 11.5 Å². The molecule has 2 aliphatic rings. The number of pyridine rings is 1. The maximum absolute atomic E-state index is 13.4. The van der Waals surface area contributed by atoms with Crippen LogP contribution < -0.4 is 20.3 Å². The number of nitrogens with one attached hydrogen (secondary N) is 1. The second-order valence-corrected chi connectivity index (χ2v) is 7.70. The molecule has 2 aromatic heterocycles. The molecule has 0 amide bonds. The van der Waals surface area contributed by atoms with Gasteiger partial charge in [0.1, 0.15) is 17.3 Å². The van der Waals surface area contributed by atoms with Crippen molar-refractivity contribution in [2.75, 3.05) is 27.3 Å². The van der Waals surface area contributed by atoms with Gasteiger partial charge in [-0.25, -0.2) is 4.98 Å². The first-order valence-corrected chi connectivity index (χ1v) is 9.90. The van der Waals surface area contributed by atoms with Crippen LogP contribution in [0.25, 0.3) is 17.1 Å². The first-order valence-electron chi connectivity index (χ1n) is 9.90. The summed E-state index contributed by atoms with van der Waals surface area (Å²) in [6.07, 6.45) is 4.71. The Labute approximate surface area is 168 Å². The van der Waals surface area contributed by atoms with Gasteiger partial charge in [0.25, 0.3) is 5.56 Å². The van der Waals surface area contributed by atoms with Gasteiger partial charge in [-0.05, 0) is 43.1 Å². The standard InChI is InChI=1S/C22H24N4O3/c1-28-16-3-5-19(20(10-16)29-2)25-8-7-24-21(25)17-4-6-18-15-9-14(11-23-12-15)13-26(18)22(17)27/h3-8,10,14-15,23H,9,11-13H2,1-2H3/t14-,15+/m0/s1. The molecular formula is C22H24N4O3. The zero-order valence-electron chi connectivity index (χ0n) is 16.6. The van der Waals surface area contributed by atoms with E-state index in [0.29, 0.717) is 34.7 Å². The fourth-order valence-electron chi connectivity index (χ4n) is 4.64. The smallest absolute Gasteiger partial charge is 0.261 e. The van der Waals surface area contributed by atoms with E-state index >= 15 is 0 Å². The molecule has 0 unspecified atom stereocenters. The Hall–Kier alpha value is -3.06. The fraction of sp³-hybridized carbons (Fsp3) is 0.364. The quantitative estimate of drug-likeness (QED) is 0.739. The number of ether oxygens (including phenoxy) is 2. The molecule has 2 aliphatic heterocycles. The molecule has 4 heterocycles. The van der Waals surface area contributed by atoms with Crippen molar-refractivity contribution in [2.45, 2.75) is 18.9 Å². The normalized spacial score (nSPS) is 20.2. The molecule has 0 aliphatic carbocycles. The average molecular weight is 392 g/mol. The maximum Gasteiger partial charge on any atom is 0.261 e. The zero-order valence-corrected chi connectivity index (χ0v) is 16.6. The van der Waals surface area contributed by atoms with Crippen LogP contribution in [-0.4, -0.2) is 41.4 Å². The van der Waals surface area contributed by atoms with E-state index in [2.05, 4.69) is 16.4 Å². The molecule has 1 N–H and O–H groups in total. The third-order valence-electron chi connectivity index (χ3n) is 6.04. The van der Waals surface area contributed by atoms with Crippen LogP contribution in [0.15, 0.2) is 47.5 Å². The van der Waals surface area contributed by atoms with Crippen LogP contribution in [0.2, 0.25) is 0 Å². The second-order valence-electron chi connectivity index (χ2n) is 7.70. The minimum atomic E-state index is 0.0269. The van der Waals surface area contributed by atoms with Gasteiger partial charge in [0, 0.05) is 43.2 Å². The molecule has 1 fully saturated rings. The van der Waals surface area contributed by atoms with Crippen molar-refractivity contribution >= 4 is 0 Å². The molecule has 2 atom stereocenters. The van der Waals surface area contributed by atoms with Crippen LogP contribution in [0.1, 0.15) is 18.0 Å². The molecule has 2 bridgehead atoms. The molecule has 7 heteroatoms. The summed E-state index contributed by atoms with van der Waals surface area (Å²) in [4.78, 5) is 17.9. The van der Waals surface area contributed by atoms with Crippen molar-refractivity contribution in [3.63, 3.8) is 0 Å². The van der Waals surface area contributed by atoms with E-state index in [-0.39, 0.29) is 5.56 Å². The number of fused-ring (bicyclic) bond motifs is 4. The van der Waals surface area contributed by atoms with E-state index in [1.54, 1.807) is 20.4 Å². The summed E-state index contributed by atoms with van der Waals surface area (Å²) in [5, 5.41) is 3.49. The SMILES string of the molecule is COc1ccc(-n2ccnc2-c2ccc3n(c2=O)C[C@@H]2CNC[C@H]3C2)c(OC)c1. The summed E-state index contributed by atoms with van der Waals surface area (Å²) in [6, 6.07) is 9.62. The number of rotatable bonds is 4. The molecule has 1 saturated heterocycles. The lowest BCUT2D eigenvalue weighted by atomic mass is 9.84. The lowest BCUT2D eigenvalue weighted by molar-refractivity contribution is 0.257. The number of hydrogen-bond acceptors (Lipinski definition) is 5. The fourth-order valence-corrected chi connectivity index (χ4v) is 4.64. The van der Waals surface area contributed by atoms with Crippen LogP contribution in [0, 0.1) is 5.92 Å². The molecule has 3 aromatic rings. The zero-order chi connectivity index (χ0) is 20.0. The number of hydrogen-bond donors (Lipinski definition) is 1. The van der Waals surface area contributed by atoms with Crippen molar-refractivity contribution in [2.24, 2.45) is 5.92 Å². The summed E-state index contributed by atoms with van der Waals surface area (Å²) in [6.45, 7) is 2.68. The molecular weight excluding hydrogens is 368 g/mol. The lowest BCUT2D eigenvalue weighted by Crippen LogP contribution is -2.45. The Morgan fingerprint density at radius 3 is 2.86 bits per heavy atom. The highest BCUT2D eigenvalue weighted by Crippen LogP contribution is 2.34. The largest absolute Gasteiger partial charge is 0.497 e. The summed E-state index contributed by atoms with van der Waals surface area (Å²) in [5.74, 6) is 2.90. The summed E-state index contributed by atoms with van der Waals surface area (Å²) in [5.41, 5.74) is 2.56. The predicted molar refractivity (Wildman–Crippen MR) is 110 cm³/mol. The molecule has 7 nitrogen and oxygen atoms in total. The Morgan fingerprint density at radius 2 is 2.03 bits per heavy atom. The average Bonchev–Trinajstić information content (AvgIpc) is 3.23. The van der Waals surface area contributed by atoms with Gasteiger partial charge in [0.2, 0.25) is 0 Å². The van der Waals surface area contributed by atoms with Crippen LogP contribution in [0.4, 0.5) is 0 Å². The number of nitrogens with zero attached hydrogens (tertiary/aromatic N) is 3. The number of imidazole rings is 1. The van der Waals surface area contributed by atoms with Crippen molar-refractivity contribution in [1.29, 1.82) is 0 Å². The van der Waals surface area contributed by atoms with Crippen LogP contribution in [0.3, 0.4) is 0 Å². The first kappa shape index (κ1) is 18.0. The van der Waals surface area contributed by atoms with Crippen LogP contribution >= 0.6 is 0 Å². The highest BCUT2D eigenvalue weighted by atomic mass is 16.5. The Bertz CT molecular complexity index is 1120. The second kappa shape index (κ2) is 7.08. The van der Waals surface area contributed by atoms with Gasteiger partial charge in [-0.3, -0.25) is 9.36 Å². The Kier molecular flexibility index (Phi) is 4.39. The maximum atomic E-state index is 13.4. The minimum absolute atomic E-state index is 0.0269. The third kappa shape index (κ3) is 2.93. The number of benzene rings is 1. The van der Waals surface area contributed by atoms with Gasteiger partial charge in [0.15, 0.2) is 0 Å². The van der Waals surface area contributed by atoms with E-state index < -0.39 is 0 Å². The molecule has 5 rings (SSSR count). The summed E-state index contributed by atoms with van der Waals surface area (Å²) < 4.78 is 14.7. The lowest BCUT2D eigenvalue weighted by Gasteiger charge is -2.37. The number of piperidine rings is 1. The molecule has 29 heavy (non-hydrogen) atoms. The molecule has 1 aromatic carbocycles. The highest BCUT2D eigenvalue weighted by Gasteiger charge is 2.31. The first-order chi connectivity index (χ1) is 14.2. The van der Waals surface area contributed by atoms with Gasteiger partial charge in [-0.2, -0.15) is 0 Å². The van der Waals surface area contributed by atoms with Gasteiger partial charge in [-0.15, -0.1) is 0 Å². The minimum Gasteiger partial charge on any atom is -0.497 e.